The van der Waals surface area contributed by atoms with Crippen molar-refractivity contribution >= 4 is 0 Å². The van der Waals surface area contributed by atoms with Crippen LogP contribution in [0.25, 0.3) is 0 Å². The Morgan fingerprint density at radius 3 is 2.94 bits per heavy atom. The maximum absolute atomic E-state index is 5.89. The SMILES string of the molecule is COc1cccc2c1C1(CCCCO1)OC2. The fourth-order valence-electron chi connectivity index (χ4n) is 2.65. The van der Waals surface area contributed by atoms with E-state index in [0.29, 0.717) is 6.61 Å². The quantitative estimate of drug-likeness (QED) is 0.728. The van der Waals surface area contributed by atoms with Crippen molar-refractivity contribution in [1.82, 2.24) is 0 Å². The Morgan fingerprint density at radius 2 is 2.19 bits per heavy atom. The Morgan fingerprint density at radius 1 is 1.25 bits per heavy atom. The molecule has 1 spiro atoms. The van der Waals surface area contributed by atoms with Gasteiger partial charge in [-0.3, -0.25) is 0 Å². The van der Waals surface area contributed by atoms with Crippen LogP contribution in [-0.4, -0.2) is 13.7 Å². The highest BCUT2D eigenvalue weighted by Gasteiger charge is 2.44. The lowest BCUT2D eigenvalue weighted by Crippen LogP contribution is -2.33. The molecule has 16 heavy (non-hydrogen) atoms. The summed E-state index contributed by atoms with van der Waals surface area (Å²) in [6.07, 6.45) is 3.20. The van der Waals surface area contributed by atoms with Crippen LogP contribution in [0.3, 0.4) is 0 Å². The second-order valence-corrected chi connectivity index (χ2v) is 4.34. The molecule has 1 fully saturated rings. The number of rotatable bonds is 1. The summed E-state index contributed by atoms with van der Waals surface area (Å²) in [5.74, 6) is 0.358. The number of methoxy groups -OCH3 is 1. The average molecular weight is 220 g/mol. The molecule has 0 N–H and O–H groups in total. The predicted molar refractivity (Wildman–Crippen MR) is 59.3 cm³/mol. The molecule has 0 radical (unpaired) electrons. The second-order valence-electron chi connectivity index (χ2n) is 4.34. The van der Waals surface area contributed by atoms with Crippen LogP contribution in [0.4, 0.5) is 0 Å². The number of ether oxygens (including phenoxy) is 3. The van der Waals surface area contributed by atoms with Crippen molar-refractivity contribution < 1.29 is 14.2 Å². The molecular formula is C13H16O3. The minimum absolute atomic E-state index is 0.528. The zero-order valence-corrected chi connectivity index (χ0v) is 9.49. The van der Waals surface area contributed by atoms with Crippen molar-refractivity contribution in [3.05, 3.63) is 29.3 Å². The van der Waals surface area contributed by atoms with Gasteiger partial charge in [-0.15, -0.1) is 0 Å². The Labute approximate surface area is 95.3 Å². The fourth-order valence-corrected chi connectivity index (χ4v) is 2.65. The Hall–Kier alpha value is -1.06. The van der Waals surface area contributed by atoms with Crippen LogP contribution in [0.15, 0.2) is 18.2 Å². The standard InChI is InChI=1S/C13H16O3/c1-14-11-6-4-5-10-9-16-13(12(10)11)7-2-3-8-15-13/h4-6H,2-3,7-9H2,1H3. The van der Waals surface area contributed by atoms with Crippen molar-refractivity contribution in [1.29, 1.82) is 0 Å². The Balaban J connectivity index is 2.08. The molecular weight excluding hydrogens is 204 g/mol. The summed E-state index contributed by atoms with van der Waals surface area (Å²) in [4.78, 5) is 0. The first-order chi connectivity index (χ1) is 7.86. The van der Waals surface area contributed by atoms with Gasteiger partial charge >= 0.3 is 0 Å². The zero-order valence-electron chi connectivity index (χ0n) is 9.49. The van der Waals surface area contributed by atoms with Gasteiger partial charge in [-0.05, 0) is 24.5 Å². The molecule has 2 aliphatic rings. The third kappa shape index (κ3) is 1.35. The van der Waals surface area contributed by atoms with Crippen molar-refractivity contribution in [3.8, 4) is 5.75 Å². The number of fused-ring (bicyclic) bond motifs is 2. The molecule has 2 heterocycles. The van der Waals surface area contributed by atoms with Crippen LogP contribution < -0.4 is 4.74 Å². The van der Waals surface area contributed by atoms with Gasteiger partial charge < -0.3 is 14.2 Å². The monoisotopic (exact) mass is 220 g/mol. The van der Waals surface area contributed by atoms with Gasteiger partial charge in [0.15, 0.2) is 5.79 Å². The Bertz CT molecular complexity index is 389. The van der Waals surface area contributed by atoms with E-state index in [0.717, 1.165) is 37.2 Å². The Kier molecular flexibility index (Phi) is 2.37. The summed E-state index contributed by atoms with van der Waals surface area (Å²) in [6.45, 7) is 1.41. The lowest BCUT2D eigenvalue weighted by molar-refractivity contribution is -0.258. The van der Waals surface area contributed by atoms with Gasteiger partial charge in [0.25, 0.3) is 0 Å². The molecule has 0 amide bonds. The van der Waals surface area contributed by atoms with E-state index in [4.69, 9.17) is 14.2 Å². The topological polar surface area (TPSA) is 27.7 Å². The molecule has 0 saturated carbocycles. The lowest BCUT2D eigenvalue weighted by atomic mass is 9.95. The van der Waals surface area contributed by atoms with Gasteiger partial charge in [-0.2, -0.15) is 0 Å². The summed E-state index contributed by atoms with van der Waals surface area (Å²) < 4.78 is 17.2. The van der Waals surface area contributed by atoms with Crippen LogP contribution in [0.2, 0.25) is 0 Å². The van der Waals surface area contributed by atoms with Gasteiger partial charge in [0.2, 0.25) is 0 Å². The molecule has 1 aromatic carbocycles. The van der Waals surface area contributed by atoms with E-state index >= 15 is 0 Å². The van der Waals surface area contributed by atoms with E-state index in [9.17, 15) is 0 Å². The summed E-state index contributed by atoms with van der Waals surface area (Å²) in [5.41, 5.74) is 2.30. The summed E-state index contributed by atoms with van der Waals surface area (Å²) in [5, 5.41) is 0. The molecule has 3 rings (SSSR count). The van der Waals surface area contributed by atoms with Crippen molar-refractivity contribution in [2.24, 2.45) is 0 Å². The van der Waals surface area contributed by atoms with E-state index in [1.807, 2.05) is 12.1 Å². The van der Waals surface area contributed by atoms with Crippen molar-refractivity contribution in [2.75, 3.05) is 13.7 Å². The molecule has 1 saturated heterocycles. The van der Waals surface area contributed by atoms with Gasteiger partial charge in [0, 0.05) is 6.42 Å². The molecule has 1 aromatic rings. The second kappa shape index (κ2) is 3.75. The lowest BCUT2D eigenvalue weighted by Gasteiger charge is -2.34. The van der Waals surface area contributed by atoms with Crippen LogP contribution >= 0.6 is 0 Å². The van der Waals surface area contributed by atoms with Crippen LogP contribution in [0.5, 0.6) is 5.75 Å². The normalized spacial score (nSPS) is 28.1. The first kappa shape index (κ1) is 10.1. The minimum Gasteiger partial charge on any atom is -0.496 e. The first-order valence-electron chi connectivity index (χ1n) is 5.80. The third-order valence-electron chi connectivity index (χ3n) is 3.41. The zero-order chi connectivity index (χ0) is 11.0. The highest BCUT2D eigenvalue weighted by Crippen LogP contribution is 2.47. The van der Waals surface area contributed by atoms with E-state index in [-0.39, 0.29) is 0 Å². The van der Waals surface area contributed by atoms with E-state index in [2.05, 4.69) is 6.07 Å². The molecule has 2 aliphatic heterocycles. The van der Waals surface area contributed by atoms with Crippen LogP contribution in [0.1, 0.15) is 30.4 Å². The maximum Gasteiger partial charge on any atom is 0.199 e. The largest absolute Gasteiger partial charge is 0.496 e. The van der Waals surface area contributed by atoms with Crippen LogP contribution in [-0.2, 0) is 21.9 Å². The highest BCUT2D eigenvalue weighted by atomic mass is 16.7. The van der Waals surface area contributed by atoms with Crippen molar-refractivity contribution in [3.63, 3.8) is 0 Å². The highest BCUT2D eigenvalue weighted by molar-refractivity contribution is 5.45. The van der Waals surface area contributed by atoms with E-state index in [1.54, 1.807) is 7.11 Å². The van der Waals surface area contributed by atoms with Crippen molar-refractivity contribution in [2.45, 2.75) is 31.7 Å². The predicted octanol–water partition coefficient (Wildman–Crippen LogP) is 2.58. The van der Waals surface area contributed by atoms with E-state index < -0.39 is 5.79 Å². The first-order valence-corrected chi connectivity index (χ1v) is 5.80. The van der Waals surface area contributed by atoms with Crippen LogP contribution in [0, 0.1) is 0 Å². The number of hydrogen-bond acceptors (Lipinski definition) is 3. The molecule has 1 unspecified atom stereocenters. The summed E-state index contributed by atoms with van der Waals surface area (Å²) in [7, 11) is 1.70. The van der Waals surface area contributed by atoms with Gasteiger partial charge in [0.05, 0.1) is 25.9 Å². The number of benzene rings is 1. The molecule has 0 aliphatic carbocycles. The maximum atomic E-state index is 5.89. The van der Waals surface area contributed by atoms with E-state index in [1.165, 1.54) is 5.56 Å². The number of hydrogen-bond donors (Lipinski definition) is 0. The van der Waals surface area contributed by atoms with Gasteiger partial charge in [-0.1, -0.05) is 12.1 Å². The molecule has 86 valence electrons. The molecule has 0 aromatic heterocycles. The molecule has 3 nitrogen and oxygen atoms in total. The summed E-state index contributed by atoms with van der Waals surface area (Å²) >= 11 is 0. The molecule has 3 heteroatoms. The van der Waals surface area contributed by atoms with Gasteiger partial charge in [0.1, 0.15) is 5.75 Å². The van der Waals surface area contributed by atoms with Gasteiger partial charge in [-0.25, -0.2) is 0 Å². The smallest absolute Gasteiger partial charge is 0.199 e. The molecule has 1 atom stereocenters. The average Bonchev–Trinajstić information content (AvgIpc) is 2.70. The fraction of sp³-hybridized carbons (Fsp3) is 0.538. The minimum atomic E-state index is -0.528. The third-order valence-corrected chi connectivity index (χ3v) is 3.41. The summed E-state index contributed by atoms with van der Waals surface area (Å²) in [6, 6.07) is 6.07. The molecule has 0 bridgehead atoms.